The van der Waals surface area contributed by atoms with Gasteiger partial charge in [-0.1, -0.05) is 43.6 Å². The number of hydrogen-bond acceptors (Lipinski definition) is 5. The molecular weight excluding hydrogens is 458 g/mol. The van der Waals surface area contributed by atoms with E-state index in [1.165, 1.54) is 12.1 Å². The molecule has 1 heterocycles. The monoisotopic (exact) mass is 489 g/mol. The fraction of sp³-hybridized carbons (Fsp3) is 0.650. The molecule has 0 aromatic heterocycles. The van der Waals surface area contributed by atoms with Crippen molar-refractivity contribution in [2.45, 2.75) is 44.7 Å². The van der Waals surface area contributed by atoms with Crippen LogP contribution in [0.15, 0.2) is 33.6 Å². The standard InChI is InChI=1S/C20H32BrN3O4S/c1-14(2)12-24-9-10-28-17(13-24)11-22-20(25)19(15(3)4)23-29(26,27)18-7-5-16(21)6-8-18/h5-8,14-15,17,19,23H,9-13H2,1-4H3,(H,22,25)/t17-,19-/m0/s1. The van der Waals surface area contributed by atoms with Crippen molar-refractivity contribution in [3.63, 3.8) is 0 Å². The summed E-state index contributed by atoms with van der Waals surface area (Å²) in [7, 11) is -3.80. The Morgan fingerprint density at radius 3 is 2.48 bits per heavy atom. The minimum atomic E-state index is -3.80. The zero-order valence-corrected chi connectivity index (χ0v) is 19.9. The Hall–Kier alpha value is -1.00. The van der Waals surface area contributed by atoms with Gasteiger partial charge in [0.1, 0.15) is 6.04 Å². The first kappa shape index (κ1) is 24.3. The van der Waals surface area contributed by atoms with E-state index in [0.29, 0.717) is 19.1 Å². The third-order valence-corrected chi connectivity index (χ3v) is 6.69. The van der Waals surface area contributed by atoms with E-state index < -0.39 is 16.1 Å². The highest BCUT2D eigenvalue weighted by molar-refractivity contribution is 9.10. The molecule has 1 aliphatic heterocycles. The van der Waals surface area contributed by atoms with E-state index in [1.54, 1.807) is 12.1 Å². The highest BCUT2D eigenvalue weighted by atomic mass is 79.9. The van der Waals surface area contributed by atoms with Crippen molar-refractivity contribution < 1.29 is 17.9 Å². The summed E-state index contributed by atoms with van der Waals surface area (Å²) in [6.07, 6.45) is -0.0951. The van der Waals surface area contributed by atoms with Crippen LogP contribution in [0.5, 0.6) is 0 Å². The van der Waals surface area contributed by atoms with Gasteiger partial charge in [0.15, 0.2) is 0 Å². The fourth-order valence-corrected chi connectivity index (χ4v) is 4.86. The number of benzene rings is 1. The first-order chi connectivity index (χ1) is 13.6. The van der Waals surface area contributed by atoms with Crippen molar-refractivity contribution in [3.05, 3.63) is 28.7 Å². The topological polar surface area (TPSA) is 87.7 Å². The van der Waals surface area contributed by atoms with Crippen LogP contribution >= 0.6 is 15.9 Å². The molecule has 1 fully saturated rings. The van der Waals surface area contributed by atoms with Gasteiger partial charge < -0.3 is 10.1 Å². The van der Waals surface area contributed by atoms with Crippen molar-refractivity contribution in [2.75, 3.05) is 32.8 Å². The predicted molar refractivity (Wildman–Crippen MR) is 117 cm³/mol. The van der Waals surface area contributed by atoms with E-state index in [-0.39, 0.29) is 22.8 Å². The Bertz CT molecular complexity index is 768. The normalized spacial score (nSPS) is 19.5. The Morgan fingerprint density at radius 1 is 1.24 bits per heavy atom. The van der Waals surface area contributed by atoms with Crippen LogP contribution in [-0.2, 0) is 19.6 Å². The quantitative estimate of drug-likeness (QED) is 0.555. The molecule has 0 aliphatic carbocycles. The van der Waals surface area contributed by atoms with Crippen LogP contribution in [0, 0.1) is 11.8 Å². The second-order valence-corrected chi connectivity index (χ2v) is 10.8. The maximum absolute atomic E-state index is 12.7. The molecule has 0 unspecified atom stereocenters. The van der Waals surface area contributed by atoms with Crippen LogP contribution in [0.2, 0.25) is 0 Å². The average Bonchev–Trinajstić information content (AvgIpc) is 2.64. The van der Waals surface area contributed by atoms with Crippen LogP contribution < -0.4 is 10.0 Å². The molecule has 29 heavy (non-hydrogen) atoms. The molecule has 1 aliphatic rings. The minimum absolute atomic E-state index is 0.0951. The van der Waals surface area contributed by atoms with Gasteiger partial charge in [-0.2, -0.15) is 4.72 Å². The maximum Gasteiger partial charge on any atom is 0.241 e. The molecule has 0 spiro atoms. The predicted octanol–water partition coefficient (Wildman–Crippen LogP) is 2.23. The molecule has 164 valence electrons. The number of sulfonamides is 1. The van der Waals surface area contributed by atoms with Gasteiger partial charge in [-0.3, -0.25) is 9.69 Å². The van der Waals surface area contributed by atoms with Gasteiger partial charge in [0, 0.05) is 30.7 Å². The number of carbonyl (C=O) groups is 1. The van der Waals surface area contributed by atoms with E-state index in [4.69, 9.17) is 4.74 Å². The Labute approximate surface area is 182 Å². The van der Waals surface area contributed by atoms with Gasteiger partial charge in [0.25, 0.3) is 0 Å². The number of hydrogen-bond donors (Lipinski definition) is 2. The average molecular weight is 490 g/mol. The van der Waals surface area contributed by atoms with Crippen molar-refractivity contribution in [1.82, 2.24) is 14.9 Å². The van der Waals surface area contributed by atoms with Gasteiger partial charge in [-0.05, 0) is 36.1 Å². The summed E-state index contributed by atoms with van der Waals surface area (Å²) in [5, 5.41) is 2.87. The summed E-state index contributed by atoms with van der Waals surface area (Å²) in [5.74, 6) is 0.0249. The van der Waals surface area contributed by atoms with Gasteiger partial charge in [-0.25, -0.2) is 8.42 Å². The van der Waals surface area contributed by atoms with Crippen LogP contribution in [0.3, 0.4) is 0 Å². The zero-order valence-electron chi connectivity index (χ0n) is 17.5. The molecule has 1 amide bonds. The molecule has 9 heteroatoms. The number of amides is 1. The highest BCUT2D eigenvalue weighted by Crippen LogP contribution is 2.16. The highest BCUT2D eigenvalue weighted by Gasteiger charge is 2.29. The fourth-order valence-electron chi connectivity index (χ4n) is 3.25. The molecule has 2 rings (SSSR count). The van der Waals surface area contributed by atoms with Crippen LogP contribution in [-0.4, -0.2) is 64.2 Å². The third kappa shape index (κ3) is 7.64. The lowest BCUT2D eigenvalue weighted by Crippen LogP contribution is -2.53. The molecule has 1 aromatic carbocycles. The van der Waals surface area contributed by atoms with E-state index in [1.807, 2.05) is 13.8 Å². The minimum Gasteiger partial charge on any atom is -0.374 e. The summed E-state index contributed by atoms with van der Waals surface area (Å²) in [6.45, 7) is 11.6. The van der Waals surface area contributed by atoms with Gasteiger partial charge >= 0.3 is 0 Å². The van der Waals surface area contributed by atoms with Gasteiger partial charge in [0.2, 0.25) is 15.9 Å². The number of ether oxygens (including phenoxy) is 1. The Kier molecular flexibility index (Phi) is 9.09. The lowest BCUT2D eigenvalue weighted by Gasteiger charge is -2.34. The first-order valence-electron chi connectivity index (χ1n) is 9.98. The largest absolute Gasteiger partial charge is 0.374 e. The molecule has 7 nitrogen and oxygen atoms in total. The summed E-state index contributed by atoms with van der Waals surface area (Å²) < 4.78 is 34.4. The molecule has 0 radical (unpaired) electrons. The molecule has 0 saturated carbocycles. The number of rotatable bonds is 9. The molecule has 1 saturated heterocycles. The third-order valence-electron chi connectivity index (χ3n) is 4.71. The van der Waals surface area contributed by atoms with Gasteiger partial charge in [-0.15, -0.1) is 0 Å². The summed E-state index contributed by atoms with van der Waals surface area (Å²) >= 11 is 3.29. The summed E-state index contributed by atoms with van der Waals surface area (Å²) in [4.78, 5) is 15.2. The van der Waals surface area contributed by atoms with Gasteiger partial charge in [0.05, 0.1) is 17.6 Å². The van der Waals surface area contributed by atoms with E-state index >= 15 is 0 Å². The van der Waals surface area contributed by atoms with E-state index in [0.717, 1.165) is 24.1 Å². The van der Waals surface area contributed by atoms with Crippen LogP contribution in [0.1, 0.15) is 27.7 Å². The number of morpholine rings is 1. The number of nitrogens with one attached hydrogen (secondary N) is 2. The first-order valence-corrected chi connectivity index (χ1v) is 12.3. The smallest absolute Gasteiger partial charge is 0.241 e. The second kappa shape index (κ2) is 10.9. The van der Waals surface area contributed by atoms with Crippen molar-refractivity contribution in [1.29, 1.82) is 0 Å². The number of halogens is 1. The Balaban J connectivity index is 1.96. The molecule has 0 bridgehead atoms. The lowest BCUT2D eigenvalue weighted by atomic mass is 10.0. The summed E-state index contributed by atoms with van der Waals surface area (Å²) in [5.41, 5.74) is 0. The number of carbonyl (C=O) groups excluding carboxylic acids is 1. The summed E-state index contributed by atoms with van der Waals surface area (Å²) in [6, 6.07) is 5.45. The number of nitrogens with zero attached hydrogens (tertiary/aromatic N) is 1. The zero-order chi connectivity index (χ0) is 21.6. The van der Waals surface area contributed by atoms with Crippen LogP contribution in [0.4, 0.5) is 0 Å². The molecular formula is C20H32BrN3O4S. The molecule has 2 N–H and O–H groups in total. The maximum atomic E-state index is 12.7. The SMILES string of the molecule is CC(C)CN1CCO[C@@H](CNC(=O)[C@@H](NS(=O)(=O)c2ccc(Br)cc2)C(C)C)C1. The van der Waals surface area contributed by atoms with Crippen molar-refractivity contribution in [2.24, 2.45) is 11.8 Å². The Morgan fingerprint density at radius 2 is 1.90 bits per heavy atom. The van der Waals surface area contributed by atoms with Crippen LogP contribution in [0.25, 0.3) is 0 Å². The second-order valence-electron chi connectivity index (χ2n) is 8.19. The lowest BCUT2D eigenvalue weighted by molar-refractivity contribution is -0.124. The van der Waals surface area contributed by atoms with E-state index in [9.17, 15) is 13.2 Å². The van der Waals surface area contributed by atoms with Crippen molar-refractivity contribution in [3.8, 4) is 0 Å². The molecule has 2 atom stereocenters. The van der Waals surface area contributed by atoms with E-state index in [2.05, 4.69) is 44.7 Å². The molecule has 1 aromatic rings. The van der Waals surface area contributed by atoms with Crippen molar-refractivity contribution >= 4 is 31.9 Å².